The van der Waals surface area contributed by atoms with E-state index in [1.165, 1.54) is 18.5 Å². The highest BCUT2D eigenvalue weighted by Crippen LogP contribution is 2.32. The molecule has 0 aliphatic heterocycles. The molecule has 0 bridgehead atoms. The van der Waals surface area contributed by atoms with Gasteiger partial charge in [-0.3, -0.25) is 4.79 Å². The minimum Gasteiger partial charge on any atom is -0.476 e. The fourth-order valence-corrected chi connectivity index (χ4v) is 3.64. The third-order valence-corrected chi connectivity index (χ3v) is 5.68. The molecule has 0 fully saturated rings. The highest BCUT2D eigenvalue weighted by molar-refractivity contribution is 7.90. The van der Waals surface area contributed by atoms with Crippen molar-refractivity contribution in [3.63, 3.8) is 0 Å². The van der Waals surface area contributed by atoms with E-state index in [9.17, 15) is 31.2 Å². The monoisotopic (exact) mass is 498 g/mol. The average molecular weight is 498 g/mol. The van der Waals surface area contributed by atoms with Crippen molar-refractivity contribution in [1.82, 2.24) is 30.0 Å². The molecule has 0 unspecified atom stereocenters. The molecule has 11 nitrogen and oxygen atoms in total. The normalized spacial score (nSPS) is 12.9. The minimum atomic E-state index is -4.87. The largest absolute Gasteiger partial charge is 0.476 e. The number of carboxylic acids is 1. The molecule has 3 aromatic rings. The Kier molecular flexibility index (Phi) is 6.42. The van der Waals surface area contributed by atoms with Gasteiger partial charge >= 0.3 is 12.1 Å². The Labute approximate surface area is 190 Å². The van der Waals surface area contributed by atoms with Crippen LogP contribution in [0.5, 0.6) is 0 Å². The second-order valence-electron chi connectivity index (χ2n) is 7.21. The lowest BCUT2D eigenvalue weighted by atomic mass is 10.1. The zero-order valence-corrected chi connectivity index (χ0v) is 18.6. The van der Waals surface area contributed by atoms with Crippen LogP contribution < -0.4 is 5.32 Å². The zero-order chi connectivity index (χ0) is 25.4. The highest BCUT2D eigenvalue weighted by atomic mass is 32.2. The first-order valence-corrected chi connectivity index (χ1v) is 11.3. The van der Waals surface area contributed by atoms with Gasteiger partial charge in [-0.15, -0.1) is 0 Å². The Hall–Kier alpha value is -3.88. The topological polar surface area (TPSA) is 157 Å². The molecule has 0 aliphatic carbocycles. The Morgan fingerprint density at radius 1 is 1.18 bits per heavy atom. The summed E-state index contributed by atoms with van der Waals surface area (Å²) < 4.78 is 64.5. The number of hydrogen-bond donors (Lipinski definition) is 2. The summed E-state index contributed by atoms with van der Waals surface area (Å²) in [5, 5.41) is 15.5. The summed E-state index contributed by atoms with van der Waals surface area (Å²) in [6.07, 6.45) is -1.88. The third kappa shape index (κ3) is 5.19. The van der Waals surface area contributed by atoms with Crippen LogP contribution in [-0.2, 0) is 16.0 Å². The van der Waals surface area contributed by atoms with Crippen molar-refractivity contribution >= 4 is 21.7 Å². The van der Waals surface area contributed by atoms with Gasteiger partial charge in [0.25, 0.3) is 5.91 Å². The fraction of sp³-hybridized carbons (Fsp3) is 0.263. The lowest BCUT2D eigenvalue weighted by Gasteiger charge is -2.16. The van der Waals surface area contributed by atoms with Crippen molar-refractivity contribution in [3.8, 4) is 5.82 Å². The molecule has 2 N–H and O–H groups in total. The average Bonchev–Trinajstić information content (AvgIpc) is 3.22. The van der Waals surface area contributed by atoms with Crippen LogP contribution in [0.1, 0.15) is 50.9 Å². The van der Waals surface area contributed by atoms with Crippen LogP contribution in [0.4, 0.5) is 13.2 Å². The molecule has 2 heterocycles. The second-order valence-corrected chi connectivity index (χ2v) is 9.22. The summed E-state index contributed by atoms with van der Waals surface area (Å²) in [6.45, 7) is 2.89. The van der Waals surface area contributed by atoms with Crippen molar-refractivity contribution in [2.75, 3.05) is 6.26 Å². The van der Waals surface area contributed by atoms with Crippen LogP contribution in [0.25, 0.3) is 5.82 Å². The van der Waals surface area contributed by atoms with E-state index in [-0.39, 0.29) is 23.0 Å². The number of nitrogens with zero attached hydrogens (tertiary/aromatic N) is 5. The number of carbonyl (C=O) groups is 2. The van der Waals surface area contributed by atoms with Crippen molar-refractivity contribution in [2.45, 2.75) is 31.0 Å². The van der Waals surface area contributed by atoms with Crippen LogP contribution in [0.15, 0.2) is 35.6 Å². The van der Waals surface area contributed by atoms with E-state index < -0.39 is 50.0 Å². The quantitative estimate of drug-likeness (QED) is 0.518. The number of aryl methyl sites for hydroxylation is 1. The SMILES string of the molecule is Cc1nc(-n2ncnc2[C@H](C)NC(=O)c2cc(C(F)(F)F)cc(S(C)(=O)=O)c2)cnc1C(=O)O. The molecule has 1 aromatic carbocycles. The van der Waals surface area contributed by atoms with Gasteiger partial charge in [-0.2, -0.15) is 23.0 Å². The summed E-state index contributed by atoms with van der Waals surface area (Å²) in [6, 6.07) is 0.915. The van der Waals surface area contributed by atoms with Gasteiger partial charge in [0.15, 0.2) is 27.2 Å². The molecule has 0 spiro atoms. The molecular weight excluding hydrogens is 481 g/mol. The van der Waals surface area contributed by atoms with Gasteiger partial charge in [-0.05, 0) is 32.0 Å². The van der Waals surface area contributed by atoms with E-state index in [0.29, 0.717) is 12.1 Å². The summed E-state index contributed by atoms with van der Waals surface area (Å²) in [5.41, 5.74) is -1.98. The van der Waals surface area contributed by atoms with Crippen LogP contribution in [0, 0.1) is 6.92 Å². The molecule has 0 aliphatic rings. The first kappa shape index (κ1) is 24.8. The number of hydrogen-bond acceptors (Lipinski definition) is 8. The molecule has 1 amide bonds. The number of rotatable bonds is 6. The summed E-state index contributed by atoms with van der Waals surface area (Å²) in [4.78, 5) is 35.1. The Morgan fingerprint density at radius 2 is 1.85 bits per heavy atom. The number of aromatic nitrogens is 5. The zero-order valence-electron chi connectivity index (χ0n) is 17.8. The maximum atomic E-state index is 13.2. The standard InChI is InChI=1S/C19H17F3N6O5S/c1-9-15(18(30)31)23-7-14(26-9)28-16(24-8-25-28)10(2)27-17(29)11-4-12(19(20,21)22)6-13(5-11)34(3,32)33/h4-8,10H,1-3H3,(H,27,29)(H,30,31)/t10-/m0/s1. The molecule has 0 radical (unpaired) electrons. The lowest BCUT2D eigenvalue weighted by Crippen LogP contribution is -2.29. The number of alkyl halides is 3. The molecule has 2 aromatic heterocycles. The van der Waals surface area contributed by atoms with Gasteiger partial charge in [-0.25, -0.2) is 28.2 Å². The Balaban J connectivity index is 1.93. The molecule has 1 atom stereocenters. The molecular formula is C19H17F3N6O5S. The Bertz CT molecular complexity index is 1390. The van der Waals surface area contributed by atoms with Gasteiger partial charge in [-0.1, -0.05) is 0 Å². The highest BCUT2D eigenvalue weighted by Gasteiger charge is 2.33. The first-order valence-electron chi connectivity index (χ1n) is 9.39. The van der Waals surface area contributed by atoms with Crippen LogP contribution in [0.3, 0.4) is 0 Å². The molecule has 3 rings (SSSR count). The first-order chi connectivity index (χ1) is 15.7. The summed E-state index contributed by atoms with van der Waals surface area (Å²) in [5.74, 6) is -2.05. The van der Waals surface area contributed by atoms with E-state index in [0.717, 1.165) is 24.8 Å². The van der Waals surface area contributed by atoms with Gasteiger partial charge in [0.05, 0.1) is 28.4 Å². The lowest BCUT2D eigenvalue weighted by molar-refractivity contribution is -0.137. The number of carbonyl (C=O) groups excluding carboxylic acids is 1. The van der Waals surface area contributed by atoms with E-state index in [1.54, 1.807) is 0 Å². The molecule has 0 saturated carbocycles. The number of amides is 1. The van der Waals surface area contributed by atoms with Gasteiger partial charge in [0, 0.05) is 11.8 Å². The Morgan fingerprint density at radius 3 is 2.41 bits per heavy atom. The van der Waals surface area contributed by atoms with Gasteiger partial charge in [0.2, 0.25) is 0 Å². The number of sulfone groups is 1. The van der Waals surface area contributed by atoms with E-state index >= 15 is 0 Å². The second kappa shape index (κ2) is 8.81. The van der Waals surface area contributed by atoms with Crippen LogP contribution in [-0.4, -0.2) is 56.4 Å². The molecule has 15 heteroatoms. The molecule has 0 saturated heterocycles. The van der Waals surface area contributed by atoms with Crippen molar-refractivity contribution in [1.29, 1.82) is 0 Å². The predicted molar refractivity (Wildman–Crippen MR) is 109 cm³/mol. The third-order valence-electron chi connectivity index (χ3n) is 4.59. The number of nitrogens with one attached hydrogen (secondary N) is 1. The van der Waals surface area contributed by atoms with Crippen molar-refractivity contribution in [2.24, 2.45) is 0 Å². The van der Waals surface area contributed by atoms with Gasteiger partial charge in [0.1, 0.15) is 6.33 Å². The summed E-state index contributed by atoms with van der Waals surface area (Å²) >= 11 is 0. The molecule has 180 valence electrons. The number of aromatic carboxylic acids is 1. The number of benzene rings is 1. The summed E-state index contributed by atoms with van der Waals surface area (Å²) in [7, 11) is -4.03. The van der Waals surface area contributed by atoms with E-state index in [2.05, 4.69) is 25.4 Å². The maximum absolute atomic E-state index is 13.2. The van der Waals surface area contributed by atoms with Crippen LogP contribution in [0.2, 0.25) is 0 Å². The maximum Gasteiger partial charge on any atom is 0.416 e. The van der Waals surface area contributed by atoms with Crippen molar-refractivity contribution in [3.05, 3.63) is 59.1 Å². The van der Waals surface area contributed by atoms with E-state index in [1.807, 2.05) is 0 Å². The minimum absolute atomic E-state index is 0.0922. The van der Waals surface area contributed by atoms with Crippen LogP contribution >= 0.6 is 0 Å². The number of halogens is 3. The molecule has 34 heavy (non-hydrogen) atoms. The van der Waals surface area contributed by atoms with E-state index in [4.69, 9.17) is 5.11 Å². The number of carboxylic acid groups (broad SMARTS) is 1. The fourth-order valence-electron chi connectivity index (χ4n) is 2.96. The van der Waals surface area contributed by atoms with Gasteiger partial charge < -0.3 is 10.4 Å². The van der Waals surface area contributed by atoms with Crippen molar-refractivity contribution < 1.29 is 36.3 Å². The predicted octanol–water partition coefficient (Wildman–Crippen LogP) is 1.98. The smallest absolute Gasteiger partial charge is 0.416 e.